The van der Waals surface area contributed by atoms with E-state index in [-0.39, 0.29) is 0 Å². The fourth-order valence-corrected chi connectivity index (χ4v) is 3.40. The molecule has 0 radical (unpaired) electrons. The number of aromatic nitrogens is 2. The van der Waals surface area contributed by atoms with E-state index in [0.717, 1.165) is 37.5 Å². The largest absolute Gasteiger partial charge is 0.497 e. The summed E-state index contributed by atoms with van der Waals surface area (Å²) in [5.41, 5.74) is 2.08. The fourth-order valence-electron chi connectivity index (χ4n) is 3.21. The minimum atomic E-state index is 0.573. The second-order valence-electron chi connectivity index (χ2n) is 6.48. The van der Waals surface area contributed by atoms with Crippen LogP contribution in [0.2, 0.25) is 5.02 Å². The highest BCUT2D eigenvalue weighted by molar-refractivity contribution is 6.30. The lowest BCUT2D eigenvalue weighted by molar-refractivity contribution is 0.215. The van der Waals surface area contributed by atoms with E-state index < -0.39 is 0 Å². The highest BCUT2D eigenvalue weighted by Crippen LogP contribution is 2.22. The maximum atomic E-state index is 6.03. The minimum Gasteiger partial charge on any atom is -0.497 e. The third kappa shape index (κ3) is 4.23. The third-order valence-electron chi connectivity index (χ3n) is 4.72. The first-order valence-corrected chi connectivity index (χ1v) is 9.29. The molecule has 6 nitrogen and oxygen atoms in total. The Morgan fingerprint density at radius 3 is 2.56 bits per heavy atom. The zero-order valence-corrected chi connectivity index (χ0v) is 15.9. The summed E-state index contributed by atoms with van der Waals surface area (Å²) in [6.45, 7) is 4.47. The van der Waals surface area contributed by atoms with Gasteiger partial charge in [-0.2, -0.15) is 4.98 Å². The molecule has 0 bridgehead atoms. The molecule has 0 aliphatic carbocycles. The van der Waals surface area contributed by atoms with Gasteiger partial charge in [-0.25, -0.2) is 0 Å². The van der Waals surface area contributed by atoms with Crippen molar-refractivity contribution < 1.29 is 9.26 Å². The molecule has 1 aliphatic heterocycles. The molecule has 0 spiro atoms. The number of hydrogen-bond acceptors (Lipinski definition) is 6. The minimum absolute atomic E-state index is 0.573. The second-order valence-corrected chi connectivity index (χ2v) is 6.92. The number of hydrogen-bond donors (Lipinski definition) is 0. The number of nitrogens with zero attached hydrogens (tertiary/aromatic N) is 4. The molecule has 0 N–H and O–H groups in total. The molecule has 0 saturated carbocycles. The SMILES string of the molecule is COc1ccc(N2CCN(Cc3nc(-c4cccc(Cl)c4)no3)CC2)cc1. The van der Waals surface area contributed by atoms with Crippen molar-refractivity contribution in [3.63, 3.8) is 0 Å². The van der Waals surface area contributed by atoms with Crippen LogP contribution < -0.4 is 9.64 Å². The highest BCUT2D eigenvalue weighted by Gasteiger charge is 2.20. The van der Waals surface area contributed by atoms with Gasteiger partial charge in [0.1, 0.15) is 5.75 Å². The Kier molecular flexibility index (Phi) is 5.27. The number of anilines is 1. The number of methoxy groups -OCH3 is 1. The normalized spacial score (nSPS) is 15.1. The summed E-state index contributed by atoms with van der Waals surface area (Å²) < 4.78 is 10.6. The lowest BCUT2D eigenvalue weighted by atomic mass is 10.2. The molecule has 140 valence electrons. The summed E-state index contributed by atoms with van der Waals surface area (Å²) in [4.78, 5) is 9.21. The van der Waals surface area contributed by atoms with Crippen LogP contribution in [0.3, 0.4) is 0 Å². The molecule has 4 rings (SSSR count). The van der Waals surface area contributed by atoms with E-state index in [1.165, 1.54) is 5.69 Å². The molecule has 27 heavy (non-hydrogen) atoms. The van der Waals surface area contributed by atoms with E-state index in [1.807, 2.05) is 36.4 Å². The molecule has 7 heteroatoms. The maximum Gasteiger partial charge on any atom is 0.241 e. The lowest BCUT2D eigenvalue weighted by Gasteiger charge is -2.35. The van der Waals surface area contributed by atoms with Gasteiger partial charge in [-0.15, -0.1) is 0 Å². The summed E-state index contributed by atoms with van der Waals surface area (Å²) in [7, 11) is 1.68. The van der Waals surface area contributed by atoms with Gasteiger partial charge in [0.25, 0.3) is 0 Å². The second kappa shape index (κ2) is 7.98. The van der Waals surface area contributed by atoms with Crippen molar-refractivity contribution in [3.05, 3.63) is 59.4 Å². The fraction of sp³-hybridized carbons (Fsp3) is 0.300. The van der Waals surface area contributed by atoms with Gasteiger partial charge in [-0.05, 0) is 36.4 Å². The molecular weight excluding hydrogens is 364 g/mol. The zero-order chi connectivity index (χ0) is 18.6. The van der Waals surface area contributed by atoms with Crippen LogP contribution in [0.4, 0.5) is 5.69 Å². The Hall–Kier alpha value is -2.57. The maximum absolute atomic E-state index is 6.03. The molecule has 1 saturated heterocycles. The smallest absolute Gasteiger partial charge is 0.241 e. The van der Waals surface area contributed by atoms with E-state index in [2.05, 4.69) is 32.1 Å². The number of rotatable bonds is 5. The van der Waals surface area contributed by atoms with Crippen LogP contribution in [0.1, 0.15) is 5.89 Å². The number of benzene rings is 2. The molecule has 1 fully saturated rings. The van der Waals surface area contributed by atoms with Gasteiger partial charge >= 0.3 is 0 Å². The molecule has 0 amide bonds. The first-order valence-electron chi connectivity index (χ1n) is 8.91. The zero-order valence-electron chi connectivity index (χ0n) is 15.1. The predicted octanol–water partition coefficient (Wildman–Crippen LogP) is 3.72. The highest BCUT2D eigenvalue weighted by atomic mass is 35.5. The summed E-state index contributed by atoms with van der Waals surface area (Å²) in [5, 5.41) is 4.74. The first-order chi connectivity index (χ1) is 13.2. The summed E-state index contributed by atoms with van der Waals surface area (Å²) in [6.07, 6.45) is 0. The van der Waals surface area contributed by atoms with E-state index in [1.54, 1.807) is 7.11 Å². The van der Waals surface area contributed by atoms with Gasteiger partial charge in [0.15, 0.2) is 0 Å². The first kappa shape index (κ1) is 17.8. The standard InChI is InChI=1S/C20H21ClN4O2/c1-26-18-7-5-17(6-8-18)25-11-9-24(10-12-25)14-19-22-20(23-27-19)15-3-2-4-16(21)13-15/h2-8,13H,9-12,14H2,1H3. The molecule has 1 aromatic heterocycles. The van der Waals surface area contributed by atoms with Crippen molar-refractivity contribution in [3.8, 4) is 17.1 Å². The number of ether oxygens (including phenoxy) is 1. The van der Waals surface area contributed by atoms with Crippen LogP contribution >= 0.6 is 11.6 Å². The van der Waals surface area contributed by atoms with Crippen LogP contribution in [0.15, 0.2) is 53.1 Å². The monoisotopic (exact) mass is 384 g/mol. The lowest BCUT2D eigenvalue weighted by Crippen LogP contribution is -2.46. The predicted molar refractivity (Wildman–Crippen MR) is 105 cm³/mol. The van der Waals surface area contributed by atoms with Gasteiger partial charge < -0.3 is 14.2 Å². The number of halogens is 1. The Morgan fingerprint density at radius 2 is 1.85 bits per heavy atom. The van der Waals surface area contributed by atoms with Crippen molar-refractivity contribution >= 4 is 17.3 Å². The molecule has 0 unspecified atom stereocenters. The van der Waals surface area contributed by atoms with Crippen LogP contribution in [0.25, 0.3) is 11.4 Å². The van der Waals surface area contributed by atoms with Crippen LogP contribution in [-0.4, -0.2) is 48.3 Å². The number of piperazine rings is 1. The third-order valence-corrected chi connectivity index (χ3v) is 4.95. The Labute approximate surface area is 163 Å². The van der Waals surface area contributed by atoms with Crippen molar-refractivity contribution in [2.75, 3.05) is 38.2 Å². The van der Waals surface area contributed by atoms with E-state index >= 15 is 0 Å². The molecule has 0 atom stereocenters. The molecule has 3 aromatic rings. The summed E-state index contributed by atoms with van der Waals surface area (Å²) in [6, 6.07) is 15.7. The van der Waals surface area contributed by atoms with E-state index in [4.69, 9.17) is 20.9 Å². The van der Waals surface area contributed by atoms with Crippen LogP contribution in [0.5, 0.6) is 5.75 Å². The molecule has 2 aromatic carbocycles. The Morgan fingerprint density at radius 1 is 1.07 bits per heavy atom. The average Bonchev–Trinajstić information content (AvgIpc) is 3.17. The van der Waals surface area contributed by atoms with Gasteiger partial charge in [-0.1, -0.05) is 28.9 Å². The quantitative estimate of drug-likeness (QED) is 0.668. The average molecular weight is 385 g/mol. The Balaban J connectivity index is 1.34. The van der Waals surface area contributed by atoms with Crippen LogP contribution in [-0.2, 0) is 6.54 Å². The van der Waals surface area contributed by atoms with Gasteiger partial charge in [-0.3, -0.25) is 4.90 Å². The topological polar surface area (TPSA) is 54.6 Å². The van der Waals surface area contributed by atoms with Crippen LogP contribution in [0, 0.1) is 0 Å². The summed E-state index contributed by atoms with van der Waals surface area (Å²) >= 11 is 6.03. The molecular formula is C20H21ClN4O2. The van der Waals surface area contributed by atoms with E-state index in [9.17, 15) is 0 Å². The molecule has 2 heterocycles. The molecule has 1 aliphatic rings. The van der Waals surface area contributed by atoms with Gasteiger partial charge in [0.05, 0.1) is 13.7 Å². The van der Waals surface area contributed by atoms with Crippen molar-refractivity contribution in [1.29, 1.82) is 0 Å². The van der Waals surface area contributed by atoms with Gasteiger partial charge in [0.2, 0.25) is 11.7 Å². The van der Waals surface area contributed by atoms with Crippen molar-refractivity contribution in [2.24, 2.45) is 0 Å². The van der Waals surface area contributed by atoms with E-state index in [0.29, 0.717) is 23.3 Å². The van der Waals surface area contributed by atoms with Gasteiger partial charge in [0, 0.05) is 42.5 Å². The summed E-state index contributed by atoms with van der Waals surface area (Å²) in [5.74, 6) is 2.08. The van der Waals surface area contributed by atoms with Crippen molar-refractivity contribution in [2.45, 2.75) is 6.54 Å². The Bertz CT molecular complexity index is 889. The van der Waals surface area contributed by atoms with Crippen molar-refractivity contribution in [1.82, 2.24) is 15.0 Å².